The van der Waals surface area contributed by atoms with Crippen molar-refractivity contribution in [1.82, 2.24) is 0 Å². The SMILES string of the molecule is CC(=O)/C=C1/CC(=O)N(C[C@@H](O)[C@H]2O[C@@H]3OC(C)(C)O[C@@H]3[C@H]2O)c2ccccc2N1. The number of allylic oxidation sites excluding steroid dienone is 1. The Hall–Kier alpha value is -2.30. The third-order valence-corrected chi connectivity index (χ3v) is 5.31. The number of benzene rings is 1. The van der Waals surface area contributed by atoms with Crippen LogP contribution in [0.1, 0.15) is 27.2 Å². The van der Waals surface area contributed by atoms with Gasteiger partial charge in [0.1, 0.15) is 24.4 Å². The molecule has 0 bridgehead atoms. The van der Waals surface area contributed by atoms with Gasteiger partial charge >= 0.3 is 0 Å². The lowest BCUT2D eigenvalue weighted by atomic mass is 10.0. The number of amides is 1. The Kier molecular flexibility index (Phi) is 5.41. The maximum Gasteiger partial charge on any atom is 0.233 e. The minimum absolute atomic E-state index is 0.0271. The molecular weight excluding hydrogens is 392 g/mol. The summed E-state index contributed by atoms with van der Waals surface area (Å²) in [6.07, 6.45) is -3.39. The third-order valence-electron chi connectivity index (χ3n) is 5.31. The number of carbonyl (C=O) groups is 2. The number of hydrogen-bond acceptors (Lipinski definition) is 8. The Balaban J connectivity index is 1.54. The van der Waals surface area contributed by atoms with E-state index < -0.39 is 36.5 Å². The minimum Gasteiger partial charge on any atom is -0.388 e. The monoisotopic (exact) mass is 418 g/mol. The number of ketones is 1. The second-order valence-corrected chi connectivity index (χ2v) is 8.23. The predicted molar refractivity (Wildman–Crippen MR) is 107 cm³/mol. The number of aliphatic hydroxyl groups is 2. The van der Waals surface area contributed by atoms with Crippen molar-refractivity contribution in [3.63, 3.8) is 0 Å². The number of carbonyl (C=O) groups excluding carboxylic acids is 2. The van der Waals surface area contributed by atoms with Crippen LogP contribution in [0.4, 0.5) is 11.4 Å². The molecule has 0 unspecified atom stereocenters. The lowest BCUT2D eigenvalue weighted by Gasteiger charge is -2.30. The van der Waals surface area contributed by atoms with E-state index >= 15 is 0 Å². The molecule has 9 heteroatoms. The topological polar surface area (TPSA) is 118 Å². The maximum atomic E-state index is 13.0. The fraction of sp³-hybridized carbons (Fsp3) is 0.524. The second kappa shape index (κ2) is 7.75. The number of ether oxygens (including phenoxy) is 3. The average Bonchev–Trinajstić information content (AvgIpc) is 3.07. The van der Waals surface area contributed by atoms with Gasteiger partial charge in [-0.2, -0.15) is 0 Å². The van der Waals surface area contributed by atoms with Crippen LogP contribution in [-0.2, 0) is 23.8 Å². The normalized spacial score (nSPS) is 32.4. The van der Waals surface area contributed by atoms with Crippen molar-refractivity contribution in [2.24, 2.45) is 0 Å². The van der Waals surface area contributed by atoms with E-state index in [4.69, 9.17) is 14.2 Å². The fourth-order valence-electron chi connectivity index (χ4n) is 4.08. The predicted octanol–water partition coefficient (Wildman–Crippen LogP) is 0.906. The first-order chi connectivity index (χ1) is 14.1. The van der Waals surface area contributed by atoms with Crippen molar-refractivity contribution in [1.29, 1.82) is 0 Å². The summed E-state index contributed by atoms with van der Waals surface area (Å²) in [5, 5.41) is 24.5. The molecule has 3 heterocycles. The number of para-hydroxylation sites is 2. The van der Waals surface area contributed by atoms with Gasteiger partial charge in [-0.25, -0.2) is 0 Å². The fourth-order valence-corrected chi connectivity index (χ4v) is 4.08. The molecule has 0 radical (unpaired) electrons. The summed E-state index contributed by atoms with van der Waals surface area (Å²) in [5.41, 5.74) is 1.68. The van der Waals surface area contributed by atoms with Gasteiger partial charge in [0.2, 0.25) is 5.91 Å². The highest BCUT2D eigenvalue weighted by atomic mass is 16.8. The molecule has 4 rings (SSSR count). The standard InChI is InChI=1S/C21H26N2O7/c1-11(24)8-12-9-16(26)23(14-7-5-4-6-13(14)22-12)10-15(25)18-17(27)19-20(28-18)30-21(2,3)29-19/h4-8,15,17-20,22,25,27H,9-10H2,1-3H3/b12-8-/t15-,17+,18-,19-,20-/m1/s1. The van der Waals surface area contributed by atoms with Gasteiger partial charge in [0.05, 0.1) is 24.3 Å². The molecule has 9 nitrogen and oxygen atoms in total. The van der Waals surface area contributed by atoms with Crippen molar-refractivity contribution in [2.75, 3.05) is 16.8 Å². The number of aliphatic hydroxyl groups excluding tert-OH is 2. The van der Waals surface area contributed by atoms with Gasteiger partial charge < -0.3 is 34.6 Å². The minimum atomic E-state index is -1.18. The van der Waals surface area contributed by atoms with Crippen LogP contribution in [0.15, 0.2) is 36.0 Å². The van der Waals surface area contributed by atoms with E-state index in [0.29, 0.717) is 17.1 Å². The maximum absolute atomic E-state index is 13.0. The van der Waals surface area contributed by atoms with Gasteiger partial charge in [-0.05, 0) is 32.9 Å². The Labute approximate surface area is 174 Å². The van der Waals surface area contributed by atoms with Crippen molar-refractivity contribution < 1.29 is 34.0 Å². The van der Waals surface area contributed by atoms with E-state index in [2.05, 4.69) is 5.32 Å². The Morgan fingerprint density at radius 3 is 2.80 bits per heavy atom. The third kappa shape index (κ3) is 3.99. The van der Waals surface area contributed by atoms with E-state index in [0.717, 1.165) is 0 Å². The quantitative estimate of drug-likeness (QED) is 0.618. The van der Waals surface area contributed by atoms with Gasteiger partial charge in [0.25, 0.3) is 0 Å². The Bertz CT molecular complexity index is 884. The summed E-state index contributed by atoms with van der Waals surface area (Å²) in [6.45, 7) is 4.76. The summed E-state index contributed by atoms with van der Waals surface area (Å²) in [5.74, 6) is -1.34. The second-order valence-electron chi connectivity index (χ2n) is 8.23. The summed E-state index contributed by atoms with van der Waals surface area (Å²) in [7, 11) is 0. The smallest absolute Gasteiger partial charge is 0.233 e. The number of nitrogens with one attached hydrogen (secondary N) is 1. The lowest BCUT2D eigenvalue weighted by molar-refractivity contribution is -0.225. The molecule has 3 aliphatic heterocycles. The molecule has 1 aromatic rings. The molecule has 3 N–H and O–H groups in total. The molecule has 30 heavy (non-hydrogen) atoms. The van der Waals surface area contributed by atoms with Crippen molar-refractivity contribution >= 4 is 23.1 Å². The van der Waals surface area contributed by atoms with Gasteiger partial charge in [0.15, 0.2) is 17.9 Å². The molecule has 2 fully saturated rings. The van der Waals surface area contributed by atoms with Crippen LogP contribution in [-0.4, -0.2) is 64.9 Å². The summed E-state index contributed by atoms with van der Waals surface area (Å²) < 4.78 is 17.0. The first kappa shape index (κ1) is 21.0. The van der Waals surface area contributed by atoms with Crippen LogP contribution in [0.2, 0.25) is 0 Å². The molecule has 1 aromatic carbocycles. The molecule has 5 atom stereocenters. The van der Waals surface area contributed by atoms with E-state index in [1.165, 1.54) is 17.9 Å². The summed E-state index contributed by atoms with van der Waals surface area (Å²) in [4.78, 5) is 25.9. The number of β-amino-alcohol motifs (C(OH)–C–C–N with tert-alkyl or cyclic N) is 1. The van der Waals surface area contributed by atoms with E-state index in [9.17, 15) is 19.8 Å². The average molecular weight is 418 g/mol. The molecule has 0 aromatic heterocycles. The van der Waals surface area contributed by atoms with Crippen LogP contribution < -0.4 is 10.2 Å². The van der Waals surface area contributed by atoms with E-state index in [-0.39, 0.29) is 24.7 Å². The highest BCUT2D eigenvalue weighted by Crippen LogP contribution is 2.39. The van der Waals surface area contributed by atoms with Crippen LogP contribution in [0.25, 0.3) is 0 Å². The largest absolute Gasteiger partial charge is 0.388 e. The van der Waals surface area contributed by atoms with Crippen molar-refractivity contribution in [3.8, 4) is 0 Å². The van der Waals surface area contributed by atoms with Gasteiger partial charge in [0, 0.05) is 11.8 Å². The lowest BCUT2D eigenvalue weighted by Crippen LogP contribution is -2.47. The molecule has 0 saturated carbocycles. The highest BCUT2D eigenvalue weighted by molar-refractivity contribution is 6.01. The van der Waals surface area contributed by atoms with Crippen molar-refractivity contribution in [3.05, 3.63) is 36.0 Å². The van der Waals surface area contributed by atoms with Gasteiger partial charge in [-0.1, -0.05) is 12.1 Å². The van der Waals surface area contributed by atoms with E-state index in [1.54, 1.807) is 32.0 Å². The molecule has 0 aliphatic carbocycles. The molecule has 1 amide bonds. The van der Waals surface area contributed by atoms with Crippen LogP contribution >= 0.6 is 0 Å². The number of anilines is 2. The molecule has 0 spiro atoms. The zero-order chi connectivity index (χ0) is 21.6. The van der Waals surface area contributed by atoms with Crippen LogP contribution in [0.3, 0.4) is 0 Å². The van der Waals surface area contributed by atoms with Crippen LogP contribution in [0, 0.1) is 0 Å². The highest BCUT2D eigenvalue weighted by Gasteiger charge is 2.56. The first-order valence-corrected chi connectivity index (χ1v) is 9.89. The molecule has 3 aliphatic rings. The number of nitrogens with zero attached hydrogens (tertiary/aromatic N) is 1. The first-order valence-electron chi connectivity index (χ1n) is 9.89. The zero-order valence-electron chi connectivity index (χ0n) is 17.1. The summed E-state index contributed by atoms with van der Waals surface area (Å²) >= 11 is 0. The van der Waals surface area contributed by atoms with Crippen LogP contribution in [0.5, 0.6) is 0 Å². The van der Waals surface area contributed by atoms with Gasteiger partial charge in [-0.15, -0.1) is 0 Å². The molecular formula is C21H26N2O7. The van der Waals surface area contributed by atoms with Crippen molar-refractivity contribution in [2.45, 2.75) is 63.7 Å². The Morgan fingerprint density at radius 2 is 2.10 bits per heavy atom. The number of rotatable bonds is 4. The molecule has 162 valence electrons. The van der Waals surface area contributed by atoms with Gasteiger partial charge in [-0.3, -0.25) is 9.59 Å². The number of fused-ring (bicyclic) bond motifs is 2. The zero-order valence-corrected chi connectivity index (χ0v) is 17.1. The Morgan fingerprint density at radius 1 is 1.37 bits per heavy atom. The molecule has 2 saturated heterocycles. The summed E-state index contributed by atoms with van der Waals surface area (Å²) in [6, 6.07) is 7.13. The van der Waals surface area contributed by atoms with E-state index in [1.807, 2.05) is 6.07 Å². The number of hydrogen-bond donors (Lipinski definition) is 3.